The summed E-state index contributed by atoms with van der Waals surface area (Å²) in [6, 6.07) is 21.7. The number of methoxy groups -OCH3 is 2. The van der Waals surface area contributed by atoms with Crippen molar-refractivity contribution < 1.29 is 14.3 Å². The maximum Gasteiger partial charge on any atom is 0.279 e. The number of aromatic nitrogens is 2. The van der Waals surface area contributed by atoms with Gasteiger partial charge in [-0.15, -0.1) is 0 Å². The van der Waals surface area contributed by atoms with Crippen LogP contribution in [0.25, 0.3) is 16.5 Å². The van der Waals surface area contributed by atoms with Crippen molar-refractivity contribution in [1.29, 1.82) is 0 Å². The molecular weight excluding hydrogens is 430 g/mol. The van der Waals surface area contributed by atoms with Gasteiger partial charge in [-0.05, 0) is 49.2 Å². The average molecular weight is 456 g/mol. The standard InChI is InChI=1S/C27H25N3O4/c1-33-19-14-15-24(34-2)22(17-19)23-13-8-16-29(23)27(32)25-20-11-6-7-12-21(20)26(31)30(28-25)18-9-4-3-5-10-18/h3-7,9-12,14-15,17,23H,8,13,16H2,1-2H3/t23-/m1/s1. The zero-order valence-corrected chi connectivity index (χ0v) is 19.1. The van der Waals surface area contributed by atoms with E-state index in [-0.39, 0.29) is 23.2 Å². The first kappa shape index (κ1) is 21.7. The molecule has 172 valence electrons. The van der Waals surface area contributed by atoms with Gasteiger partial charge in [0.1, 0.15) is 11.5 Å². The lowest BCUT2D eigenvalue weighted by Crippen LogP contribution is -2.34. The van der Waals surface area contributed by atoms with Crippen molar-refractivity contribution in [1.82, 2.24) is 14.7 Å². The fraction of sp³-hybridized carbons (Fsp3) is 0.222. The lowest BCUT2D eigenvalue weighted by atomic mass is 10.0. The Morgan fingerprint density at radius 3 is 2.41 bits per heavy atom. The SMILES string of the molecule is COc1ccc(OC)c([C@H]2CCCN2C(=O)c2nn(-c3ccccc3)c(=O)c3ccccc23)c1. The van der Waals surface area contributed by atoms with Crippen LogP contribution in [0, 0.1) is 0 Å². The second-order valence-corrected chi connectivity index (χ2v) is 8.21. The number of para-hydroxylation sites is 1. The predicted octanol–water partition coefficient (Wildman–Crippen LogP) is 4.38. The Morgan fingerprint density at radius 2 is 1.68 bits per heavy atom. The van der Waals surface area contributed by atoms with E-state index in [2.05, 4.69) is 5.10 Å². The number of carbonyl (C=O) groups is 1. The van der Waals surface area contributed by atoms with Gasteiger partial charge in [-0.3, -0.25) is 9.59 Å². The predicted molar refractivity (Wildman–Crippen MR) is 130 cm³/mol. The number of carbonyl (C=O) groups excluding carboxylic acids is 1. The molecule has 0 saturated carbocycles. The molecule has 1 aliphatic rings. The zero-order chi connectivity index (χ0) is 23.7. The zero-order valence-electron chi connectivity index (χ0n) is 19.1. The molecule has 2 heterocycles. The number of amides is 1. The smallest absolute Gasteiger partial charge is 0.279 e. The van der Waals surface area contributed by atoms with E-state index in [0.717, 1.165) is 18.4 Å². The van der Waals surface area contributed by atoms with Gasteiger partial charge in [-0.1, -0.05) is 36.4 Å². The summed E-state index contributed by atoms with van der Waals surface area (Å²) in [7, 11) is 3.24. The van der Waals surface area contributed by atoms with Crippen LogP contribution < -0.4 is 15.0 Å². The van der Waals surface area contributed by atoms with Gasteiger partial charge in [-0.2, -0.15) is 9.78 Å². The lowest BCUT2D eigenvalue weighted by Gasteiger charge is -2.27. The molecule has 0 aliphatic carbocycles. The third-order valence-electron chi connectivity index (χ3n) is 6.32. The number of rotatable bonds is 5. The average Bonchev–Trinajstić information content (AvgIpc) is 3.38. The summed E-state index contributed by atoms with van der Waals surface area (Å²) in [6.45, 7) is 0.588. The fourth-order valence-electron chi connectivity index (χ4n) is 4.66. The Hall–Kier alpha value is -4.13. The van der Waals surface area contributed by atoms with Crippen LogP contribution in [0.3, 0.4) is 0 Å². The van der Waals surface area contributed by atoms with Crippen LogP contribution in [-0.2, 0) is 0 Å². The first-order chi connectivity index (χ1) is 16.6. The number of ether oxygens (including phenoxy) is 2. The molecule has 7 nitrogen and oxygen atoms in total. The molecule has 5 rings (SSSR count). The van der Waals surface area contributed by atoms with Crippen molar-refractivity contribution in [3.05, 3.63) is 94.4 Å². The quantitative estimate of drug-likeness (QED) is 0.447. The van der Waals surface area contributed by atoms with E-state index < -0.39 is 0 Å². The van der Waals surface area contributed by atoms with Gasteiger partial charge in [0.25, 0.3) is 11.5 Å². The van der Waals surface area contributed by atoms with E-state index in [1.54, 1.807) is 44.6 Å². The van der Waals surface area contributed by atoms with Crippen molar-refractivity contribution in [2.24, 2.45) is 0 Å². The first-order valence-corrected chi connectivity index (χ1v) is 11.2. The van der Waals surface area contributed by atoms with Crippen LogP contribution >= 0.6 is 0 Å². The number of nitrogens with zero attached hydrogens (tertiary/aromatic N) is 3. The Morgan fingerprint density at radius 1 is 0.941 bits per heavy atom. The Kier molecular flexibility index (Phi) is 5.76. The van der Waals surface area contributed by atoms with Gasteiger partial charge in [0, 0.05) is 17.5 Å². The van der Waals surface area contributed by atoms with Gasteiger partial charge in [-0.25, -0.2) is 0 Å². The van der Waals surface area contributed by atoms with E-state index in [4.69, 9.17) is 9.47 Å². The minimum atomic E-state index is -0.259. The van der Waals surface area contributed by atoms with E-state index in [1.807, 2.05) is 47.4 Å². The number of fused-ring (bicyclic) bond motifs is 1. The van der Waals surface area contributed by atoms with Crippen LogP contribution in [0.1, 0.15) is 34.9 Å². The largest absolute Gasteiger partial charge is 0.497 e. The molecule has 0 bridgehead atoms. The molecule has 0 spiro atoms. The van der Waals surface area contributed by atoms with E-state index >= 15 is 0 Å². The van der Waals surface area contributed by atoms with Crippen molar-refractivity contribution in [3.8, 4) is 17.2 Å². The second kappa shape index (κ2) is 9.02. The Balaban J connectivity index is 1.64. The van der Waals surface area contributed by atoms with Crippen LogP contribution in [-0.4, -0.2) is 41.4 Å². The highest BCUT2D eigenvalue weighted by molar-refractivity contribution is 6.05. The summed E-state index contributed by atoms with van der Waals surface area (Å²) in [6.07, 6.45) is 1.65. The molecular formula is C27H25N3O4. The molecule has 4 aromatic rings. The van der Waals surface area contributed by atoms with E-state index in [0.29, 0.717) is 34.5 Å². The molecule has 0 N–H and O–H groups in total. The molecule has 3 aromatic carbocycles. The van der Waals surface area contributed by atoms with Crippen LogP contribution in [0.2, 0.25) is 0 Å². The Bertz CT molecular complexity index is 1410. The molecule has 7 heteroatoms. The summed E-state index contributed by atoms with van der Waals surface area (Å²) in [5, 5.41) is 5.58. The third kappa shape index (κ3) is 3.69. The van der Waals surface area contributed by atoms with Crippen molar-refractivity contribution >= 4 is 16.7 Å². The van der Waals surface area contributed by atoms with Gasteiger partial charge < -0.3 is 14.4 Å². The highest BCUT2D eigenvalue weighted by Gasteiger charge is 2.34. The van der Waals surface area contributed by atoms with Crippen LogP contribution in [0.4, 0.5) is 0 Å². The summed E-state index contributed by atoms with van der Waals surface area (Å²) < 4.78 is 12.3. The van der Waals surface area contributed by atoms with Crippen molar-refractivity contribution in [2.75, 3.05) is 20.8 Å². The monoisotopic (exact) mass is 455 g/mol. The minimum Gasteiger partial charge on any atom is -0.497 e. The first-order valence-electron chi connectivity index (χ1n) is 11.2. The van der Waals surface area contributed by atoms with Gasteiger partial charge in [0.15, 0.2) is 5.69 Å². The maximum absolute atomic E-state index is 14.0. The molecule has 34 heavy (non-hydrogen) atoms. The topological polar surface area (TPSA) is 73.7 Å². The molecule has 1 saturated heterocycles. The molecule has 1 aromatic heterocycles. The van der Waals surface area contributed by atoms with Gasteiger partial charge >= 0.3 is 0 Å². The summed E-state index contributed by atoms with van der Waals surface area (Å²) in [5.41, 5.74) is 1.51. The highest BCUT2D eigenvalue weighted by atomic mass is 16.5. The maximum atomic E-state index is 14.0. The molecule has 0 unspecified atom stereocenters. The molecule has 1 atom stereocenters. The highest BCUT2D eigenvalue weighted by Crippen LogP contribution is 2.39. The summed E-state index contributed by atoms with van der Waals surface area (Å²) >= 11 is 0. The number of likely N-dealkylation sites (tertiary alicyclic amines) is 1. The van der Waals surface area contributed by atoms with Crippen molar-refractivity contribution in [2.45, 2.75) is 18.9 Å². The Labute approximate surface area is 197 Å². The lowest BCUT2D eigenvalue weighted by molar-refractivity contribution is 0.0728. The van der Waals surface area contributed by atoms with E-state index in [9.17, 15) is 9.59 Å². The van der Waals surface area contributed by atoms with Crippen LogP contribution in [0.5, 0.6) is 11.5 Å². The normalized spacial score (nSPS) is 15.5. The van der Waals surface area contributed by atoms with Gasteiger partial charge in [0.05, 0.1) is 31.3 Å². The summed E-state index contributed by atoms with van der Waals surface area (Å²) in [5.74, 6) is 1.20. The third-order valence-corrected chi connectivity index (χ3v) is 6.32. The second-order valence-electron chi connectivity index (χ2n) is 8.21. The van der Waals surface area contributed by atoms with Gasteiger partial charge in [0.2, 0.25) is 0 Å². The van der Waals surface area contributed by atoms with Crippen molar-refractivity contribution in [3.63, 3.8) is 0 Å². The molecule has 1 fully saturated rings. The molecule has 1 amide bonds. The number of benzene rings is 3. The molecule has 1 aliphatic heterocycles. The van der Waals surface area contributed by atoms with E-state index in [1.165, 1.54) is 4.68 Å². The summed E-state index contributed by atoms with van der Waals surface area (Å²) in [4.78, 5) is 29.0. The molecule has 0 radical (unpaired) electrons. The minimum absolute atomic E-state index is 0.185. The van der Waals surface area contributed by atoms with Crippen LogP contribution in [0.15, 0.2) is 77.6 Å². The number of hydrogen-bond acceptors (Lipinski definition) is 5. The number of hydrogen-bond donors (Lipinski definition) is 0. The fourth-order valence-corrected chi connectivity index (χ4v) is 4.66.